The highest BCUT2D eigenvalue weighted by Crippen LogP contribution is 1.98. The summed E-state index contributed by atoms with van der Waals surface area (Å²) in [7, 11) is 0. The standard InChI is InChI=1S/C11H17N3O2/c1-9(15)12-7-8-14-11(16)5-4-10-3-2-6-13-10/h2-3,6,13H,4-5,7-8H2,1H3,(H,12,15)(H,14,16). The minimum atomic E-state index is -0.0827. The van der Waals surface area contributed by atoms with E-state index in [9.17, 15) is 9.59 Å². The van der Waals surface area contributed by atoms with Gasteiger partial charge in [-0.25, -0.2) is 0 Å². The van der Waals surface area contributed by atoms with Crippen LogP contribution in [-0.2, 0) is 16.0 Å². The van der Waals surface area contributed by atoms with Crippen LogP contribution in [0.3, 0.4) is 0 Å². The molecular weight excluding hydrogens is 206 g/mol. The second-order valence-corrected chi connectivity index (χ2v) is 3.53. The lowest BCUT2D eigenvalue weighted by molar-refractivity contribution is -0.122. The smallest absolute Gasteiger partial charge is 0.220 e. The Labute approximate surface area is 94.6 Å². The van der Waals surface area contributed by atoms with E-state index in [1.165, 1.54) is 6.92 Å². The third kappa shape index (κ3) is 5.19. The zero-order valence-electron chi connectivity index (χ0n) is 9.38. The summed E-state index contributed by atoms with van der Waals surface area (Å²) < 4.78 is 0. The van der Waals surface area contributed by atoms with Gasteiger partial charge in [0.15, 0.2) is 0 Å². The molecule has 5 nitrogen and oxygen atoms in total. The third-order valence-electron chi connectivity index (χ3n) is 2.10. The molecule has 0 aliphatic heterocycles. The Bertz CT molecular complexity index is 333. The summed E-state index contributed by atoms with van der Waals surface area (Å²) in [6.07, 6.45) is 3.00. The summed E-state index contributed by atoms with van der Waals surface area (Å²) >= 11 is 0. The lowest BCUT2D eigenvalue weighted by Gasteiger charge is -2.04. The van der Waals surface area contributed by atoms with Gasteiger partial charge in [0.25, 0.3) is 0 Å². The number of H-pyrrole nitrogens is 1. The van der Waals surface area contributed by atoms with Crippen molar-refractivity contribution in [3.05, 3.63) is 24.0 Å². The van der Waals surface area contributed by atoms with Crippen molar-refractivity contribution in [1.29, 1.82) is 0 Å². The molecule has 1 heterocycles. The second-order valence-electron chi connectivity index (χ2n) is 3.53. The molecule has 3 N–H and O–H groups in total. The Balaban J connectivity index is 2.05. The summed E-state index contributed by atoms with van der Waals surface area (Å²) in [5, 5.41) is 5.34. The fraction of sp³-hybridized carbons (Fsp3) is 0.455. The predicted octanol–water partition coefficient (Wildman–Crippen LogP) is 0.200. The fourth-order valence-corrected chi connectivity index (χ4v) is 1.30. The lowest BCUT2D eigenvalue weighted by atomic mass is 10.2. The van der Waals surface area contributed by atoms with Crippen molar-refractivity contribution in [2.45, 2.75) is 19.8 Å². The zero-order chi connectivity index (χ0) is 11.8. The first kappa shape index (κ1) is 12.3. The minimum absolute atomic E-state index is 0.0000444. The van der Waals surface area contributed by atoms with Crippen LogP contribution in [0.2, 0.25) is 0 Å². The van der Waals surface area contributed by atoms with Gasteiger partial charge < -0.3 is 15.6 Å². The number of carbonyl (C=O) groups is 2. The molecule has 88 valence electrons. The fourth-order valence-electron chi connectivity index (χ4n) is 1.30. The number of nitrogens with one attached hydrogen (secondary N) is 3. The van der Waals surface area contributed by atoms with E-state index in [-0.39, 0.29) is 11.8 Å². The van der Waals surface area contributed by atoms with Gasteiger partial charge in [0.1, 0.15) is 0 Å². The molecule has 2 amide bonds. The normalized spacial score (nSPS) is 9.81. The molecule has 0 aromatic carbocycles. The van der Waals surface area contributed by atoms with E-state index in [1.807, 2.05) is 18.3 Å². The van der Waals surface area contributed by atoms with Crippen LogP contribution in [0.15, 0.2) is 18.3 Å². The summed E-state index contributed by atoms with van der Waals surface area (Å²) in [5.74, 6) is -0.0828. The van der Waals surface area contributed by atoms with Gasteiger partial charge in [-0.3, -0.25) is 9.59 Å². The summed E-state index contributed by atoms with van der Waals surface area (Å²) in [6, 6.07) is 3.86. The van der Waals surface area contributed by atoms with Crippen LogP contribution < -0.4 is 10.6 Å². The van der Waals surface area contributed by atoms with Crippen LogP contribution in [0.4, 0.5) is 0 Å². The molecule has 0 bridgehead atoms. The van der Waals surface area contributed by atoms with Crippen molar-refractivity contribution in [2.75, 3.05) is 13.1 Å². The molecule has 0 saturated heterocycles. The first-order chi connectivity index (χ1) is 7.68. The van der Waals surface area contributed by atoms with E-state index >= 15 is 0 Å². The second kappa shape index (κ2) is 6.66. The number of amides is 2. The summed E-state index contributed by atoms with van der Waals surface area (Å²) in [5.41, 5.74) is 1.05. The molecule has 0 aliphatic rings. The Kier molecular flexibility index (Phi) is 5.11. The van der Waals surface area contributed by atoms with E-state index in [0.717, 1.165) is 5.69 Å². The van der Waals surface area contributed by atoms with Gasteiger partial charge >= 0.3 is 0 Å². The average Bonchev–Trinajstić information content (AvgIpc) is 2.74. The van der Waals surface area contributed by atoms with Gasteiger partial charge in [0.05, 0.1) is 0 Å². The van der Waals surface area contributed by atoms with Crippen molar-refractivity contribution in [3.8, 4) is 0 Å². The largest absolute Gasteiger partial charge is 0.365 e. The molecule has 0 aliphatic carbocycles. The Morgan fingerprint density at radius 1 is 1.31 bits per heavy atom. The van der Waals surface area contributed by atoms with Crippen LogP contribution in [0.25, 0.3) is 0 Å². The number of hydrogen-bond acceptors (Lipinski definition) is 2. The van der Waals surface area contributed by atoms with Crippen LogP contribution >= 0.6 is 0 Å². The van der Waals surface area contributed by atoms with Gasteiger partial charge in [-0.15, -0.1) is 0 Å². The molecule has 0 unspecified atom stereocenters. The van der Waals surface area contributed by atoms with Crippen molar-refractivity contribution in [1.82, 2.24) is 15.6 Å². The predicted molar refractivity (Wildman–Crippen MR) is 60.8 cm³/mol. The Morgan fingerprint density at radius 2 is 2.06 bits per heavy atom. The van der Waals surface area contributed by atoms with E-state index in [1.54, 1.807) is 0 Å². The monoisotopic (exact) mass is 223 g/mol. The van der Waals surface area contributed by atoms with E-state index in [2.05, 4.69) is 15.6 Å². The molecule has 0 fully saturated rings. The number of rotatable bonds is 6. The maximum Gasteiger partial charge on any atom is 0.220 e. The molecule has 5 heteroatoms. The highest BCUT2D eigenvalue weighted by Gasteiger charge is 2.01. The first-order valence-corrected chi connectivity index (χ1v) is 5.32. The number of aryl methyl sites for hydroxylation is 1. The molecule has 1 rings (SSSR count). The van der Waals surface area contributed by atoms with E-state index < -0.39 is 0 Å². The first-order valence-electron chi connectivity index (χ1n) is 5.32. The molecule has 0 spiro atoms. The SMILES string of the molecule is CC(=O)NCCNC(=O)CCc1ccc[nH]1. The highest BCUT2D eigenvalue weighted by molar-refractivity contribution is 5.76. The van der Waals surface area contributed by atoms with Gasteiger partial charge in [-0.05, 0) is 18.6 Å². The zero-order valence-corrected chi connectivity index (χ0v) is 9.38. The number of aromatic amines is 1. The van der Waals surface area contributed by atoms with Crippen LogP contribution in [0.5, 0.6) is 0 Å². The van der Waals surface area contributed by atoms with Crippen LogP contribution in [-0.4, -0.2) is 29.9 Å². The molecular formula is C11H17N3O2. The topological polar surface area (TPSA) is 74.0 Å². The summed E-state index contributed by atoms with van der Waals surface area (Å²) in [6.45, 7) is 2.40. The van der Waals surface area contributed by atoms with Crippen molar-refractivity contribution >= 4 is 11.8 Å². The third-order valence-corrected chi connectivity index (χ3v) is 2.10. The molecule has 0 atom stereocenters. The Morgan fingerprint density at radius 3 is 2.69 bits per heavy atom. The van der Waals surface area contributed by atoms with Crippen LogP contribution in [0, 0.1) is 0 Å². The molecule has 0 saturated carbocycles. The van der Waals surface area contributed by atoms with Gasteiger partial charge in [0.2, 0.25) is 11.8 Å². The molecule has 1 aromatic rings. The summed E-state index contributed by atoms with van der Waals surface area (Å²) in [4.78, 5) is 24.9. The van der Waals surface area contributed by atoms with Crippen molar-refractivity contribution in [3.63, 3.8) is 0 Å². The lowest BCUT2D eigenvalue weighted by Crippen LogP contribution is -2.33. The van der Waals surface area contributed by atoms with Gasteiger partial charge in [-0.1, -0.05) is 0 Å². The maximum atomic E-state index is 11.3. The van der Waals surface area contributed by atoms with Gasteiger partial charge in [-0.2, -0.15) is 0 Å². The minimum Gasteiger partial charge on any atom is -0.365 e. The molecule has 1 aromatic heterocycles. The van der Waals surface area contributed by atoms with Crippen molar-refractivity contribution in [2.24, 2.45) is 0 Å². The number of aromatic nitrogens is 1. The van der Waals surface area contributed by atoms with E-state index in [4.69, 9.17) is 0 Å². The van der Waals surface area contributed by atoms with E-state index in [0.29, 0.717) is 25.9 Å². The highest BCUT2D eigenvalue weighted by atomic mass is 16.2. The molecule has 0 radical (unpaired) electrons. The van der Waals surface area contributed by atoms with Crippen LogP contribution in [0.1, 0.15) is 19.0 Å². The van der Waals surface area contributed by atoms with Crippen molar-refractivity contribution < 1.29 is 9.59 Å². The molecule has 16 heavy (non-hydrogen) atoms. The quantitative estimate of drug-likeness (QED) is 0.603. The number of hydrogen-bond donors (Lipinski definition) is 3. The number of carbonyl (C=O) groups excluding carboxylic acids is 2. The Hall–Kier alpha value is -1.78. The maximum absolute atomic E-state index is 11.3. The average molecular weight is 223 g/mol. The van der Waals surface area contributed by atoms with Gasteiger partial charge in [0, 0.05) is 38.3 Å².